The second kappa shape index (κ2) is 11.2. The van der Waals surface area contributed by atoms with Gasteiger partial charge in [-0.2, -0.15) is 0 Å². The Labute approximate surface area is 213 Å². The van der Waals surface area contributed by atoms with Crippen molar-refractivity contribution in [1.29, 1.82) is 0 Å². The molecule has 0 bridgehead atoms. The number of rotatable bonds is 8. The van der Waals surface area contributed by atoms with Crippen molar-refractivity contribution < 1.29 is 19.1 Å². The van der Waals surface area contributed by atoms with Gasteiger partial charge in [-0.1, -0.05) is 65.3 Å². The van der Waals surface area contributed by atoms with Crippen LogP contribution < -0.4 is 10.1 Å². The Morgan fingerprint density at radius 3 is 2.21 bits per heavy atom. The molecule has 0 spiro atoms. The lowest BCUT2D eigenvalue weighted by Crippen LogP contribution is -2.38. The van der Waals surface area contributed by atoms with Gasteiger partial charge in [0.2, 0.25) is 0 Å². The summed E-state index contributed by atoms with van der Waals surface area (Å²) in [5, 5.41) is 19.8. The number of nitrogens with one attached hydrogen (secondary N) is 1. The van der Waals surface area contributed by atoms with Crippen LogP contribution in [0.3, 0.4) is 0 Å². The first-order chi connectivity index (χ1) is 15.4. The molecule has 0 saturated heterocycles. The van der Waals surface area contributed by atoms with Crippen molar-refractivity contribution in [2.45, 2.75) is 65.0 Å². The minimum atomic E-state index is -0.176. The lowest BCUT2D eigenvalue weighted by atomic mass is 9.78. The normalized spacial score (nSPS) is 13.1. The molecule has 0 aliphatic heterocycles. The van der Waals surface area contributed by atoms with Gasteiger partial charge in [-0.05, 0) is 50.9 Å². The van der Waals surface area contributed by atoms with Crippen molar-refractivity contribution >= 4 is 35.0 Å². The summed E-state index contributed by atoms with van der Waals surface area (Å²) < 4.78 is 16.7. The van der Waals surface area contributed by atoms with E-state index >= 15 is 0 Å². The fourth-order valence-electron chi connectivity index (χ4n) is 3.74. The van der Waals surface area contributed by atoms with E-state index in [9.17, 15) is 5.11 Å². The first-order valence-corrected chi connectivity index (χ1v) is 11.5. The summed E-state index contributed by atoms with van der Waals surface area (Å²) >= 11 is 6.10. The minimum Gasteiger partial charge on any atom is -0.507 e. The molecule has 0 radical (unpaired) electrons. The van der Waals surface area contributed by atoms with Gasteiger partial charge in [0, 0.05) is 18.7 Å². The predicted molar refractivity (Wildman–Crippen MR) is 140 cm³/mol. The van der Waals surface area contributed by atoms with Crippen LogP contribution in [0.15, 0.2) is 34.9 Å². The molecule has 8 heteroatoms. The molecule has 0 aliphatic carbocycles. The second-order valence-electron chi connectivity index (χ2n) is 10.5. The van der Waals surface area contributed by atoms with E-state index < -0.39 is 0 Å². The highest BCUT2D eigenvalue weighted by Gasteiger charge is 2.26. The second-order valence-corrected chi connectivity index (χ2v) is 10.9. The summed E-state index contributed by atoms with van der Waals surface area (Å²) in [6, 6.07) is 9.38. The summed E-state index contributed by atoms with van der Waals surface area (Å²) in [4.78, 5) is 0. The molecule has 1 atom stereocenters. The fourth-order valence-corrected chi connectivity index (χ4v) is 3.91. The van der Waals surface area contributed by atoms with Gasteiger partial charge in [0.25, 0.3) is 5.88 Å². The smallest absolute Gasteiger partial charge is 0.262 e. The Hall–Kier alpha value is -1.99. The van der Waals surface area contributed by atoms with Crippen LogP contribution in [0.5, 0.6) is 11.6 Å². The van der Waals surface area contributed by atoms with Gasteiger partial charge in [-0.3, -0.25) is 0 Å². The van der Waals surface area contributed by atoms with Gasteiger partial charge >= 0.3 is 0 Å². The van der Waals surface area contributed by atoms with Crippen LogP contribution in [0, 0.1) is 0 Å². The molecule has 1 heterocycles. The Balaban J connectivity index is 0.00000408. The highest BCUT2D eigenvalue weighted by Crippen LogP contribution is 2.39. The standard InChI is InChI=1S/C26H35ClN2O4.ClH/c1-25(2,3)20-10-16(11-21(23(20)30)26(4,5)6)13-28-18(14-31-7)15-32-24-19-12-17(27)8-9-22(19)33-29-24;/h8-12,18,28,30H,13-15H2,1-7H3;1H. The van der Waals surface area contributed by atoms with E-state index in [4.69, 9.17) is 25.6 Å². The zero-order valence-electron chi connectivity index (χ0n) is 21.0. The number of benzene rings is 2. The number of aromatic hydroxyl groups is 1. The molecule has 1 aromatic heterocycles. The molecule has 2 aromatic carbocycles. The quantitative estimate of drug-likeness (QED) is 0.365. The molecule has 2 N–H and O–H groups in total. The Kier molecular flexibility index (Phi) is 9.28. The largest absolute Gasteiger partial charge is 0.507 e. The lowest BCUT2D eigenvalue weighted by molar-refractivity contribution is 0.132. The molecule has 1 unspecified atom stereocenters. The monoisotopic (exact) mass is 510 g/mol. The molecular weight excluding hydrogens is 475 g/mol. The summed E-state index contributed by atoms with van der Waals surface area (Å²) in [5.74, 6) is 0.789. The molecule has 34 heavy (non-hydrogen) atoms. The predicted octanol–water partition coefficient (Wildman–Crippen LogP) is 6.39. The number of methoxy groups -OCH3 is 1. The number of ether oxygens (including phenoxy) is 2. The maximum absolute atomic E-state index is 11.0. The number of aromatic nitrogens is 1. The zero-order chi connectivity index (χ0) is 24.4. The van der Waals surface area contributed by atoms with Crippen molar-refractivity contribution in [3.8, 4) is 11.6 Å². The van der Waals surface area contributed by atoms with Crippen molar-refractivity contribution in [1.82, 2.24) is 10.5 Å². The van der Waals surface area contributed by atoms with Crippen LogP contribution in [0.2, 0.25) is 5.02 Å². The number of hydrogen-bond donors (Lipinski definition) is 2. The van der Waals surface area contributed by atoms with Crippen molar-refractivity contribution in [3.05, 3.63) is 52.0 Å². The topological polar surface area (TPSA) is 76.8 Å². The van der Waals surface area contributed by atoms with Crippen molar-refractivity contribution in [3.63, 3.8) is 0 Å². The molecule has 3 rings (SSSR count). The van der Waals surface area contributed by atoms with Crippen LogP contribution in [0.25, 0.3) is 11.0 Å². The maximum atomic E-state index is 11.0. The molecule has 0 saturated carbocycles. The minimum absolute atomic E-state index is 0. The van der Waals surface area contributed by atoms with E-state index in [1.54, 1.807) is 25.3 Å². The fraction of sp³-hybridized carbons (Fsp3) is 0.500. The molecule has 3 aromatic rings. The number of phenolic OH excluding ortho intramolecular Hbond substituents is 1. The number of fused-ring (bicyclic) bond motifs is 1. The van der Waals surface area contributed by atoms with Gasteiger partial charge < -0.3 is 24.4 Å². The summed E-state index contributed by atoms with van der Waals surface area (Å²) in [7, 11) is 1.66. The Bertz CT molecular complexity index is 1070. The van der Waals surface area contributed by atoms with Gasteiger partial charge in [0.15, 0.2) is 5.58 Å². The van der Waals surface area contributed by atoms with E-state index in [1.807, 2.05) is 0 Å². The molecule has 0 aliphatic rings. The van der Waals surface area contributed by atoms with Crippen LogP contribution in [0.1, 0.15) is 58.2 Å². The maximum Gasteiger partial charge on any atom is 0.262 e. The van der Waals surface area contributed by atoms with Crippen LogP contribution >= 0.6 is 24.0 Å². The average molecular weight is 511 g/mol. The third-order valence-electron chi connectivity index (χ3n) is 5.57. The van der Waals surface area contributed by atoms with Crippen LogP contribution in [-0.4, -0.2) is 36.6 Å². The Morgan fingerprint density at radius 1 is 1.03 bits per heavy atom. The van der Waals surface area contributed by atoms with E-state index in [1.165, 1.54) is 0 Å². The Morgan fingerprint density at radius 2 is 1.65 bits per heavy atom. The van der Waals surface area contributed by atoms with E-state index in [-0.39, 0.29) is 29.3 Å². The summed E-state index contributed by atoms with van der Waals surface area (Å²) in [6.07, 6.45) is 0. The third-order valence-corrected chi connectivity index (χ3v) is 5.80. The van der Waals surface area contributed by atoms with Gasteiger partial charge in [-0.25, -0.2) is 0 Å². The number of phenols is 1. The third kappa shape index (κ3) is 6.79. The molecule has 6 nitrogen and oxygen atoms in total. The van der Waals surface area contributed by atoms with E-state index in [0.717, 1.165) is 22.1 Å². The van der Waals surface area contributed by atoms with Crippen LogP contribution in [-0.2, 0) is 22.1 Å². The number of halogens is 2. The lowest BCUT2D eigenvalue weighted by Gasteiger charge is -2.28. The first kappa shape index (κ1) is 28.2. The highest BCUT2D eigenvalue weighted by atomic mass is 35.5. The van der Waals surface area contributed by atoms with Crippen molar-refractivity contribution in [2.24, 2.45) is 0 Å². The molecular formula is C26H36Cl2N2O4. The number of nitrogens with zero attached hydrogens (tertiary/aromatic N) is 1. The van der Waals surface area contributed by atoms with E-state index in [2.05, 4.69) is 64.1 Å². The first-order valence-electron chi connectivity index (χ1n) is 11.2. The van der Waals surface area contributed by atoms with Crippen LogP contribution in [0.4, 0.5) is 0 Å². The van der Waals surface area contributed by atoms with Gasteiger partial charge in [0.05, 0.1) is 18.0 Å². The van der Waals surface area contributed by atoms with Crippen molar-refractivity contribution in [2.75, 3.05) is 20.3 Å². The van der Waals surface area contributed by atoms with Gasteiger partial charge in [0.1, 0.15) is 12.4 Å². The molecule has 0 amide bonds. The number of hydrogen-bond acceptors (Lipinski definition) is 6. The average Bonchev–Trinajstić information content (AvgIpc) is 3.11. The summed E-state index contributed by atoms with van der Waals surface area (Å²) in [6.45, 7) is 14.1. The highest BCUT2D eigenvalue weighted by molar-refractivity contribution is 6.31. The summed E-state index contributed by atoms with van der Waals surface area (Å²) in [5.41, 5.74) is 3.26. The molecule has 0 fully saturated rings. The van der Waals surface area contributed by atoms with Gasteiger partial charge in [-0.15, -0.1) is 12.4 Å². The molecule has 188 valence electrons. The SMILES string of the molecule is COCC(COc1noc2ccc(Cl)cc12)NCc1cc(C(C)(C)C)c(O)c(C(C)(C)C)c1.Cl. The zero-order valence-corrected chi connectivity index (χ0v) is 22.6. The van der Waals surface area contributed by atoms with E-state index in [0.29, 0.717) is 42.0 Å².